The number of carbonyl (C=O) groups is 1. The van der Waals surface area contributed by atoms with E-state index in [0.717, 1.165) is 14.0 Å². The van der Waals surface area contributed by atoms with Gasteiger partial charge in [-0.3, -0.25) is 10.00 Å². The zero-order valence-corrected chi connectivity index (χ0v) is 16.8. The fraction of sp³-hybridized carbons (Fsp3) is 0.562. The zero-order chi connectivity index (χ0) is 22.3. The molecule has 0 spiro atoms. The summed E-state index contributed by atoms with van der Waals surface area (Å²) >= 11 is 0. The van der Waals surface area contributed by atoms with Crippen molar-refractivity contribution in [3.8, 4) is 0 Å². The molecule has 0 unspecified atom stereocenters. The summed E-state index contributed by atoms with van der Waals surface area (Å²) < 4.78 is 84.8. The number of halogens is 4. The minimum atomic E-state index is -4.86. The van der Waals surface area contributed by atoms with Crippen LogP contribution in [0.15, 0.2) is 27.9 Å². The quantitative estimate of drug-likeness (QED) is 0.713. The summed E-state index contributed by atoms with van der Waals surface area (Å²) in [6.07, 6.45) is -3.59. The van der Waals surface area contributed by atoms with Gasteiger partial charge in [-0.05, 0) is 19.8 Å². The monoisotopic (exact) mass is 453 g/mol. The van der Waals surface area contributed by atoms with Crippen LogP contribution in [-0.4, -0.2) is 52.4 Å². The van der Waals surface area contributed by atoms with Gasteiger partial charge in [-0.2, -0.15) is 18.3 Å². The van der Waals surface area contributed by atoms with E-state index >= 15 is 4.39 Å². The minimum absolute atomic E-state index is 0.00243. The van der Waals surface area contributed by atoms with Gasteiger partial charge < -0.3 is 9.42 Å². The number of piperidine rings is 1. The Morgan fingerprint density at radius 3 is 2.40 bits per heavy atom. The lowest BCUT2D eigenvalue weighted by Gasteiger charge is -2.37. The highest BCUT2D eigenvalue weighted by molar-refractivity contribution is 7.92. The first-order chi connectivity index (χ1) is 13.8. The summed E-state index contributed by atoms with van der Waals surface area (Å²) in [6, 6.07) is 1.25. The number of aryl methyl sites for hydroxylation is 1. The van der Waals surface area contributed by atoms with Crippen molar-refractivity contribution in [2.75, 3.05) is 18.4 Å². The molecule has 1 N–H and O–H groups in total. The van der Waals surface area contributed by atoms with Gasteiger partial charge >= 0.3 is 12.2 Å². The van der Waals surface area contributed by atoms with Crippen LogP contribution in [0, 0.1) is 5.92 Å². The van der Waals surface area contributed by atoms with Crippen molar-refractivity contribution in [2.45, 2.75) is 36.0 Å². The molecule has 2 aromatic rings. The predicted octanol–water partition coefficient (Wildman–Crippen LogP) is 2.83. The number of hydrogen-bond acceptors (Lipinski definition) is 6. The Labute approximate surface area is 168 Å². The van der Waals surface area contributed by atoms with Crippen molar-refractivity contribution in [1.82, 2.24) is 19.8 Å². The standard InChI is InChI=1S/C16H19F4N5O4S/c1-15(17,30(27,28)13-9-11(16(18,19)20)22-24(13)2)10-3-6-25(7-4-10)14(26)21-12-5-8-29-23-12/h5,8-10H,3-4,6-7H2,1-2H3,(H,21,23,26)/t15-/m0/s1. The maximum atomic E-state index is 15.5. The highest BCUT2D eigenvalue weighted by Gasteiger charge is 2.50. The van der Waals surface area contributed by atoms with Crippen molar-refractivity contribution in [3.05, 3.63) is 24.1 Å². The number of nitrogens with one attached hydrogen (secondary N) is 1. The number of urea groups is 1. The number of carbonyl (C=O) groups excluding carboxylic acids is 1. The number of anilines is 1. The molecule has 2 amide bonds. The van der Waals surface area contributed by atoms with Crippen LogP contribution in [-0.2, 0) is 23.1 Å². The lowest BCUT2D eigenvalue weighted by molar-refractivity contribution is -0.141. The fourth-order valence-electron chi connectivity index (χ4n) is 3.33. The topological polar surface area (TPSA) is 110 Å². The molecule has 2 aromatic heterocycles. The number of likely N-dealkylation sites (tertiary alicyclic amines) is 1. The first-order valence-corrected chi connectivity index (χ1v) is 10.3. The average molecular weight is 453 g/mol. The first-order valence-electron chi connectivity index (χ1n) is 8.85. The van der Waals surface area contributed by atoms with E-state index in [2.05, 4.69) is 20.1 Å². The summed E-state index contributed by atoms with van der Waals surface area (Å²) in [5.41, 5.74) is -1.42. The van der Waals surface area contributed by atoms with Crippen molar-refractivity contribution in [1.29, 1.82) is 0 Å². The Morgan fingerprint density at radius 1 is 1.27 bits per heavy atom. The maximum Gasteiger partial charge on any atom is 0.435 e. The van der Waals surface area contributed by atoms with Gasteiger partial charge in [-0.15, -0.1) is 0 Å². The Kier molecular flexibility index (Phi) is 5.56. The van der Waals surface area contributed by atoms with Gasteiger partial charge in [0.2, 0.25) is 14.8 Å². The van der Waals surface area contributed by atoms with Gasteiger partial charge in [0, 0.05) is 38.2 Å². The molecule has 0 aliphatic carbocycles. The number of alkyl halides is 4. The van der Waals surface area contributed by atoms with Gasteiger partial charge in [0.25, 0.3) is 0 Å². The van der Waals surface area contributed by atoms with E-state index in [0.29, 0.717) is 10.7 Å². The van der Waals surface area contributed by atoms with Crippen molar-refractivity contribution in [3.63, 3.8) is 0 Å². The van der Waals surface area contributed by atoms with Crippen LogP contribution in [0.4, 0.5) is 28.2 Å². The van der Waals surface area contributed by atoms with E-state index in [1.54, 1.807) is 0 Å². The van der Waals surface area contributed by atoms with Crippen LogP contribution < -0.4 is 5.32 Å². The third-order valence-electron chi connectivity index (χ3n) is 5.11. The average Bonchev–Trinajstić information content (AvgIpc) is 3.31. The largest absolute Gasteiger partial charge is 0.435 e. The highest BCUT2D eigenvalue weighted by Crippen LogP contribution is 2.40. The van der Waals surface area contributed by atoms with E-state index in [1.807, 2.05) is 0 Å². The van der Waals surface area contributed by atoms with Gasteiger partial charge in [0.05, 0.1) is 0 Å². The molecule has 1 atom stereocenters. The van der Waals surface area contributed by atoms with Crippen LogP contribution in [0.2, 0.25) is 0 Å². The van der Waals surface area contributed by atoms with Crippen LogP contribution >= 0.6 is 0 Å². The third-order valence-corrected chi connectivity index (χ3v) is 7.43. The Balaban J connectivity index is 1.73. The molecule has 1 fully saturated rings. The van der Waals surface area contributed by atoms with Crippen molar-refractivity contribution >= 4 is 21.7 Å². The molecule has 0 aromatic carbocycles. The van der Waals surface area contributed by atoms with Crippen molar-refractivity contribution in [2.24, 2.45) is 13.0 Å². The van der Waals surface area contributed by atoms with Crippen LogP contribution in [0.25, 0.3) is 0 Å². The van der Waals surface area contributed by atoms with E-state index in [4.69, 9.17) is 0 Å². The minimum Gasteiger partial charge on any atom is -0.363 e. The number of rotatable bonds is 4. The number of amides is 2. The fourth-order valence-corrected chi connectivity index (χ4v) is 5.07. The van der Waals surface area contributed by atoms with Crippen LogP contribution in [0.1, 0.15) is 25.5 Å². The summed E-state index contributed by atoms with van der Waals surface area (Å²) in [5.74, 6) is -0.834. The number of hydrogen-bond donors (Lipinski definition) is 1. The maximum absolute atomic E-state index is 15.5. The molecule has 14 heteroatoms. The van der Waals surface area contributed by atoms with E-state index in [1.165, 1.54) is 17.2 Å². The molecular formula is C16H19F4N5O4S. The molecule has 166 valence electrons. The molecule has 1 saturated heterocycles. The second kappa shape index (κ2) is 7.56. The van der Waals surface area contributed by atoms with Gasteiger partial charge in [-0.25, -0.2) is 17.6 Å². The Bertz CT molecular complexity index is 1010. The highest BCUT2D eigenvalue weighted by atomic mass is 32.2. The zero-order valence-electron chi connectivity index (χ0n) is 16.0. The van der Waals surface area contributed by atoms with Crippen molar-refractivity contribution < 1.29 is 35.3 Å². The lowest BCUT2D eigenvalue weighted by Crippen LogP contribution is -2.48. The summed E-state index contributed by atoms with van der Waals surface area (Å²) in [6.45, 7) is 0.948. The summed E-state index contributed by atoms with van der Waals surface area (Å²) in [5, 5.41) is 5.46. The molecule has 0 saturated carbocycles. The molecule has 0 bridgehead atoms. The summed E-state index contributed by atoms with van der Waals surface area (Å²) in [7, 11) is -3.79. The molecule has 30 heavy (non-hydrogen) atoms. The molecule has 1 aliphatic heterocycles. The van der Waals surface area contributed by atoms with Gasteiger partial charge in [0.15, 0.2) is 16.5 Å². The molecular weight excluding hydrogens is 434 g/mol. The number of aromatic nitrogens is 3. The molecule has 3 rings (SSSR count). The smallest absolute Gasteiger partial charge is 0.363 e. The molecule has 9 nitrogen and oxygen atoms in total. The number of nitrogens with zero attached hydrogens (tertiary/aromatic N) is 4. The third kappa shape index (κ3) is 4.00. The molecule has 3 heterocycles. The first kappa shape index (κ1) is 22.1. The lowest BCUT2D eigenvalue weighted by atomic mass is 9.92. The molecule has 0 radical (unpaired) electrons. The van der Waals surface area contributed by atoms with E-state index < -0.39 is 43.7 Å². The SMILES string of the molecule is Cn1nc(C(F)(F)F)cc1S(=O)(=O)[C@](C)(F)C1CCN(C(=O)Nc2ccon2)CC1. The van der Waals surface area contributed by atoms with Gasteiger partial charge in [0.1, 0.15) is 6.26 Å². The Hall–Kier alpha value is -2.64. The normalized spacial score (nSPS) is 18.3. The molecule has 1 aliphatic rings. The van der Waals surface area contributed by atoms with Crippen LogP contribution in [0.5, 0.6) is 0 Å². The van der Waals surface area contributed by atoms with E-state index in [9.17, 15) is 26.4 Å². The predicted molar refractivity (Wildman–Crippen MR) is 94.7 cm³/mol. The Morgan fingerprint density at radius 2 is 1.90 bits per heavy atom. The van der Waals surface area contributed by atoms with E-state index in [-0.39, 0.29) is 31.7 Å². The van der Waals surface area contributed by atoms with Gasteiger partial charge in [-0.1, -0.05) is 5.16 Å². The second-order valence-electron chi connectivity index (χ2n) is 7.05. The second-order valence-corrected chi connectivity index (χ2v) is 9.28. The summed E-state index contributed by atoms with van der Waals surface area (Å²) in [4.78, 5) is 13.5. The van der Waals surface area contributed by atoms with Crippen LogP contribution in [0.3, 0.4) is 0 Å². The number of sulfone groups is 1.